The highest BCUT2D eigenvalue weighted by molar-refractivity contribution is 6.14. The van der Waals surface area contributed by atoms with E-state index >= 15 is 0 Å². The molecule has 2 heterocycles. The van der Waals surface area contributed by atoms with Crippen molar-refractivity contribution in [1.29, 1.82) is 0 Å². The van der Waals surface area contributed by atoms with Gasteiger partial charge in [-0.15, -0.1) is 0 Å². The van der Waals surface area contributed by atoms with Crippen LogP contribution in [0.1, 0.15) is 52.5 Å². The largest absolute Gasteiger partial charge is 0.322 e. The molecule has 2 aliphatic heterocycles. The quantitative estimate of drug-likeness (QED) is 0.792. The number of carbonyl (C=O) groups excluding carboxylic acids is 5. The van der Waals surface area contributed by atoms with Crippen LogP contribution in [0, 0.1) is 0 Å². The van der Waals surface area contributed by atoms with Crippen LogP contribution in [-0.4, -0.2) is 52.4 Å². The van der Waals surface area contributed by atoms with Gasteiger partial charge in [0.05, 0.1) is 11.1 Å². The van der Waals surface area contributed by atoms with Crippen LogP contribution in [0.2, 0.25) is 0 Å². The van der Waals surface area contributed by atoms with E-state index in [0.717, 1.165) is 4.90 Å². The zero-order chi connectivity index (χ0) is 19.0. The van der Waals surface area contributed by atoms with Gasteiger partial charge in [0.1, 0.15) is 6.04 Å². The smallest absolute Gasteiger partial charge is 0.261 e. The normalized spacial score (nSPS) is 19.2. The van der Waals surface area contributed by atoms with E-state index in [1.54, 1.807) is 19.1 Å². The average Bonchev–Trinajstić information content (AvgIpc) is 2.96. The molecule has 8 nitrogen and oxygen atoms in total. The highest BCUT2D eigenvalue weighted by Crippen LogP contribution is 2.30. The maximum absolute atomic E-state index is 12.9. The SMILES string of the molecule is CCC(=O)N(C)C(=O)c1cccc2c1C(=O)N(C1CCC(=O)NC1=O)C2. The number of nitrogens with one attached hydrogen (secondary N) is 1. The predicted octanol–water partition coefficient (Wildman–Crippen LogP) is 0.456. The van der Waals surface area contributed by atoms with Crippen LogP contribution in [0.15, 0.2) is 18.2 Å². The average molecular weight is 357 g/mol. The molecule has 0 bridgehead atoms. The van der Waals surface area contributed by atoms with Crippen LogP contribution in [0.5, 0.6) is 0 Å². The van der Waals surface area contributed by atoms with Crippen molar-refractivity contribution in [2.75, 3.05) is 7.05 Å². The summed E-state index contributed by atoms with van der Waals surface area (Å²) in [5.41, 5.74) is 0.993. The van der Waals surface area contributed by atoms with Gasteiger partial charge in [0.2, 0.25) is 17.7 Å². The molecule has 1 aromatic rings. The maximum Gasteiger partial charge on any atom is 0.261 e. The van der Waals surface area contributed by atoms with Gasteiger partial charge in [-0.2, -0.15) is 0 Å². The summed E-state index contributed by atoms with van der Waals surface area (Å²) >= 11 is 0. The van der Waals surface area contributed by atoms with Gasteiger partial charge >= 0.3 is 0 Å². The summed E-state index contributed by atoms with van der Waals surface area (Å²) in [6, 6.07) is 4.13. The fourth-order valence-electron chi connectivity index (χ4n) is 3.32. The Morgan fingerprint density at radius 1 is 1.27 bits per heavy atom. The third-order valence-electron chi connectivity index (χ3n) is 4.76. The molecule has 5 amide bonds. The summed E-state index contributed by atoms with van der Waals surface area (Å²) in [6.45, 7) is 1.84. The van der Waals surface area contributed by atoms with Crippen LogP contribution in [0.4, 0.5) is 0 Å². The summed E-state index contributed by atoms with van der Waals surface area (Å²) in [7, 11) is 1.38. The summed E-state index contributed by atoms with van der Waals surface area (Å²) in [6.07, 6.45) is 0.589. The number of hydrogen-bond acceptors (Lipinski definition) is 5. The summed E-state index contributed by atoms with van der Waals surface area (Å²) < 4.78 is 0. The standard InChI is InChI=1S/C18H19N3O5/c1-3-14(23)20(2)17(25)11-6-4-5-10-9-21(18(26)15(10)11)12-7-8-13(22)19-16(12)24/h4-6,12H,3,7-9H2,1-2H3,(H,19,22,24). The first-order valence-electron chi connectivity index (χ1n) is 8.42. The first kappa shape index (κ1) is 17.8. The van der Waals surface area contributed by atoms with Gasteiger partial charge in [0.25, 0.3) is 11.8 Å². The van der Waals surface area contributed by atoms with Gasteiger partial charge < -0.3 is 4.90 Å². The fourth-order valence-corrected chi connectivity index (χ4v) is 3.32. The lowest BCUT2D eigenvalue weighted by Crippen LogP contribution is -2.52. The lowest BCUT2D eigenvalue weighted by molar-refractivity contribution is -0.137. The zero-order valence-corrected chi connectivity index (χ0v) is 14.6. The Balaban J connectivity index is 1.92. The Morgan fingerprint density at radius 3 is 2.65 bits per heavy atom. The predicted molar refractivity (Wildman–Crippen MR) is 89.9 cm³/mol. The molecule has 0 radical (unpaired) electrons. The van der Waals surface area contributed by atoms with Crippen LogP contribution in [-0.2, 0) is 20.9 Å². The number of nitrogens with zero attached hydrogens (tertiary/aromatic N) is 2. The molecule has 0 aliphatic carbocycles. The van der Waals surface area contributed by atoms with Crippen LogP contribution >= 0.6 is 0 Å². The molecule has 26 heavy (non-hydrogen) atoms. The fraction of sp³-hybridized carbons (Fsp3) is 0.389. The molecule has 136 valence electrons. The number of carbonyl (C=O) groups is 5. The Labute approximate surface area is 150 Å². The number of benzene rings is 1. The van der Waals surface area contributed by atoms with E-state index < -0.39 is 23.8 Å². The summed E-state index contributed by atoms with van der Waals surface area (Å²) in [5.74, 6) is -2.19. The minimum absolute atomic E-state index is 0.145. The van der Waals surface area contributed by atoms with E-state index in [0.29, 0.717) is 5.56 Å². The third-order valence-corrected chi connectivity index (χ3v) is 4.76. The molecule has 0 saturated carbocycles. The molecule has 1 fully saturated rings. The number of piperidine rings is 1. The molecule has 1 saturated heterocycles. The molecule has 0 aromatic heterocycles. The van der Waals surface area contributed by atoms with Crippen LogP contribution in [0.3, 0.4) is 0 Å². The van der Waals surface area contributed by atoms with Gasteiger partial charge in [-0.25, -0.2) is 0 Å². The molecule has 1 aromatic carbocycles. The van der Waals surface area contributed by atoms with Gasteiger partial charge in [0.15, 0.2) is 0 Å². The van der Waals surface area contributed by atoms with Gasteiger partial charge in [-0.3, -0.25) is 34.2 Å². The lowest BCUT2D eigenvalue weighted by Gasteiger charge is -2.29. The van der Waals surface area contributed by atoms with Gasteiger partial charge in [-0.1, -0.05) is 19.1 Å². The van der Waals surface area contributed by atoms with Crippen molar-refractivity contribution in [2.45, 2.75) is 38.8 Å². The van der Waals surface area contributed by atoms with Crippen molar-refractivity contribution in [3.05, 3.63) is 34.9 Å². The molecular formula is C18H19N3O5. The number of imide groups is 2. The first-order chi connectivity index (χ1) is 12.3. The zero-order valence-electron chi connectivity index (χ0n) is 14.6. The molecule has 1 atom stereocenters. The van der Waals surface area contributed by atoms with Crippen molar-refractivity contribution in [3.8, 4) is 0 Å². The molecule has 3 rings (SSSR count). The van der Waals surface area contributed by atoms with Crippen molar-refractivity contribution < 1.29 is 24.0 Å². The Bertz CT molecular complexity index is 832. The highest BCUT2D eigenvalue weighted by atomic mass is 16.2. The molecule has 8 heteroatoms. The summed E-state index contributed by atoms with van der Waals surface area (Å²) in [4.78, 5) is 63.2. The third kappa shape index (κ3) is 2.87. The van der Waals surface area contributed by atoms with Crippen molar-refractivity contribution in [2.24, 2.45) is 0 Å². The van der Waals surface area contributed by atoms with Crippen LogP contribution < -0.4 is 5.32 Å². The Hall–Kier alpha value is -3.03. The van der Waals surface area contributed by atoms with Crippen molar-refractivity contribution in [1.82, 2.24) is 15.1 Å². The second-order valence-electron chi connectivity index (χ2n) is 6.35. The number of rotatable bonds is 3. The monoisotopic (exact) mass is 357 g/mol. The van der Waals surface area contributed by atoms with E-state index in [9.17, 15) is 24.0 Å². The van der Waals surface area contributed by atoms with E-state index in [-0.39, 0.29) is 48.7 Å². The molecule has 0 spiro atoms. The number of fused-ring (bicyclic) bond motifs is 1. The molecule has 1 unspecified atom stereocenters. The molecular weight excluding hydrogens is 338 g/mol. The maximum atomic E-state index is 12.9. The van der Waals surface area contributed by atoms with E-state index in [2.05, 4.69) is 5.32 Å². The van der Waals surface area contributed by atoms with Crippen molar-refractivity contribution in [3.63, 3.8) is 0 Å². The lowest BCUT2D eigenvalue weighted by atomic mass is 10.0. The van der Waals surface area contributed by atoms with Gasteiger partial charge in [0, 0.05) is 26.4 Å². The molecule has 1 N–H and O–H groups in total. The minimum Gasteiger partial charge on any atom is -0.322 e. The van der Waals surface area contributed by atoms with E-state index in [1.807, 2.05) is 0 Å². The highest BCUT2D eigenvalue weighted by Gasteiger charge is 2.41. The van der Waals surface area contributed by atoms with E-state index in [4.69, 9.17) is 0 Å². The minimum atomic E-state index is -0.745. The van der Waals surface area contributed by atoms with Crippen molar-refractivity contribution >= 4 is 29.5 Å². The first-order valence-corrected chi connectivity index (χ1v) is 8.42. The number of hydrogen-bond donors (Lipinski definition) is 1. The Kier molecular flexibility index (Phi) is 4.58. The summed E-state index contributed by atoms with van der Waals surface area (Å²) in [5, 5.41) is 2.24. The van der Waals surface area contributed by atoms with Crippen LogP contribution in [0.25, 0.3) is 0 Å². The topological polar surface area (TPSA) is 104 Å². The van der Waals surface area contributed by atoms with Gasteiger partial charge in [-0.05, 0) is 18.1 Å². The second-order valence-corrected chi connectivity index (χ2v) is 6.35. The second kappa shape index (κ2) is 6.70. The number of amides is 5. The molecule has 2 aliphatic rings. The van der Waals surface area contributed by atoms with E-state index in [1.165, 1.54) is 18.0 Å². The Morgan fingerprint density at radius 2 is 2.00 bits per heavy atom.